The zero-order chi connectivity index (χ0) is 13.0. The maximum atomic E-state index is 12.2. The molecule has 0 fully saturated rings. The van der Waals surface area contributed by atoms with E-state index in [0.717, 1.165) is 0 Å². The van der Waals surface area contributed by atoms with Crippen molar-refractivity contribution < 1.29 is 23.4 Å². The molecule has 0 bridgehead atoms. The molecular weight excluding hydrogens is 254 g/mol. The monoisotopic (exact) mass is 264 g/mol. The number of carbonyl (C=O) groups is 1. The molecule has 1 aromatic rings. The van der Waals surface area contributed by atoms with Crippen molar-refractivity contribution in [1.82, 2.24) is 0 Å². The van der Waals surface area contributed by atoms with Crippen LogP contribution in [-0.2, 0) is 17.1 Å². The first-order chi connectivity index (χ1) is 7.93. The summed E-state index contributed by atoms with van der Waals surface area (Å²) in [4.78, 5) is 10.6. The average molecular weight is 265 g/mol. The predicted octanol–water partition coefficient (Wildman–Crippen LogP) is 2.96. The topological polar surface area (TPSA) is 46.5 Å². The Bertz CT molecular complexity index is 421. The Kier molecular flexibility index (Phi) is 4.69. The lowest BCUT2D eigenvalue weighted by molar-refractivity contribution is -0.136. The van der Waals surface area contributed by atoms with Crippen molar-refractivity contribution in [3.05, 3.63) is 28.8 Å². The first-order valence-electron chi connectivity index (χ1n) is 4.79. The maximum Gasteiger partial charge on any atom is 0.387 e. The van der Waals surface area contributed by atoms with Crippen molar-refractivity contribution in [3.8, 4) is 5.75 Å². The Balaban J connectivity index is 3.13. The number of hydrogen-bond acceptors (Lipinski definition) is 2. The van der Waals surface area contributed by atoms with Gasteiger partial charge in [-0.2, -0.15) is 8.78 Å². The third kappa shape index (κ3) is 3.85. The van der Waals surface area contributed by atoms with E-state index in [4.69, 9.17) is 16.7 Å². The quantitative estimate of drug-likeness (QED) is 0.832. The molecule has 0 amide bonds. The van der Waals surface area contributed by atoms with Gasteiger partial charge in [-0.25, -0.2) is 0 Å². The van der Waals surface area contributed by atoms with Crippen LogP contribution in [0.5, 0.6) is 5.75 Å². The highest BCUT2D eigenvalue weighted by atomic mass is 35.5. The van der Waals surface area contributed by atoms with Crippen molar-refractivity contribution in [2.45, 2.75) is 25.8 Å². The number of ether oxygens (including phenoxy) is 1. The maximum absolute atomic E-state index is 12.2. The second-order valence-corrected chi connectivity index (χ2v) is 3.73. The van der Waals surface area contributed by atoms with E-state index >= 15 is 0 Å². The summed E-state index contributed by atoms with van der Waals surface area (Å²) in [6, 6.07) is 2.88. The molecule has 0 aliphatic rings. The summed E-state index contributed by atoms with van der Waals surface area (Å²) in [5, 5.41) is 8.65. The second-order valence-electron chi connectivity index (χ2n) is 3.46. The molecule has 1 N–H and O–H groups in total. The van der Waals surface area contributed by atoms with Gasteiger partial charge in [0.05, 0.1) is 6.42 Å². The molecule has 0 aliphatic carbocycles. The summed E-state index contributed by atoms with van der Waals surface area (Å²) in [6.07, 6.45) is -0.260. The van der Waals surface area contributed by atoms with Gasteiger partial charge in [0.25, 0.3) is 0 Å². The van der Waals surface area contributed by atoms with Gasteiger partial charge >= 0.3 is 12.6 Å². The molecule has 0 spiro atoms. The van der Waals surface area contributed by atoms with Gasteiger partial charge in [-0.1, -0.05) is 6.07 Å². The van der Waals surface area contributed by atoms with Crippen molar-refractivity contribution >= 4 is 17.6 Å². The molecule has 0 radical (unpaired) electrons. The highest BCUT2D eigenvalue weighted by molar-refractivity contribution is 6.17. The smallest absolute Gasteiger partial charge is 0.387 e. The van der Waals surface area contributed by atoms with Crippen LogP contribution in [0.15, 0.2) is 12.1 Å². The lowest BCUT2D eigenvalue weighted by Crippen LogP contribution is -2.07. The minimum Gasteiger partial charge on any atom is -0.481 e. The molecule has 6 heteroatoms. The third-order valence-corrected chi connectivity index (χ3v) is 2.53. The number of benzene rings is 1. The number of rotatable bonds is 5. The summed E-state index contributed by atoms with van der Waals surface area (Å²) in [5.41, 5.74) is 1.46. The highest BCUT2D eigenvalue weighted by Gasteiger charge is 2.13. The van der Waals surface area contributed by atoms with E-state index in [1.807, 2.05) is 0 Å². The van der Waals surface area contributed by atoms with Crippen LogP contribution in [0.3, 0.4) is 0 Å². The van der Waals surface area contributed by atoms with E-state index in [2.05, 4.69) is 4.74 Å². The number of aliphatic carboxylic acids is 1. The summed E-state index contributed by atoms with van der Waals surface area (Å²) < 4.78 is 28.6. The number of alkyl halides is 3. The van der Waals surface area contributed by atoms with Gasteiger partial charge in [-0.05, 0) is 29.7 Å². The Hall–Kier alpha value is -1.36. The average Bonchev–Trinajstić information content (AvgIpc) is 2.21. The van der Waals surface area contributed by atoms with Gasteiger partial charge in [-0.15, -0.1) is 11.6 Å². The molecule has 0 aromatic heterocycles. The second kappa shape index (κ2) is 5.82. The van der Waals surface area contributed by atoms with Gasteiger partial charge in [0, 0.05) is 5.88 Å². The van der Waals surface area contributed by atoms with Crippen LogP contribution in [0.25, 0.3) is 0 Å². The molecule has 94 valence electrons. The first-order valence-corrected chi connectivity index (χ1v) is 5.32. The fraction of sp³-hybridized carbons (Fsp3) is 0.364. The fourth-order valence-corrected chi connectivity index (χ4v) is 1.72. The summed E-state index contributed by atoms with van der Waals surface area (Å²) in [7, 11) is 0. The largest absolute Gasteiger partial charge is 0.481 e. The Labute approximate surface area is 102 Å². The normalized spacial score (nSPS) is 10.6. The van der Waals surface area contributed by atoms with Crippen molar-refractivity contribution in [2.24, 2.45) is 0 Å². The van der Waals surface area contributed by atoms with E-state index < -0.39 is 12.6 Å². The molecule has 0 saturated heterocycles. The zero-order valence-electron chi connectivity index (χ0n) is 9.04. The van der Waals surface area contributed by atoms with Crippen molar-refractivity contribution in [2.75, 3.05) is 0 Å². The standard InChI is InChI=1S/C11H11ClF2O3/c1-6-8(5-12)2-7(4-10(15)16)3-9(6)17-11(13)14/h2-3,11H,4-5H2,1H3,(H,15,16). The fourth-order valence-electron chi connectivity index (χ4n) is 1.44. The minimum atomic E-state index is -2.95. The van der Waals surface area contributed by atoms with E-state index in [9.17, 15) is 13.6 Å². The van der Waals surface area contributed by atoms with Gasteiger partial charge < -0.3 is 9.84 Å². The molecule has 0 unspecified atom stereocenters. The van der Waals surface area contributed by atoms with Gasteiger partial charge in [0.1, 0.15) is 5.75 Å². The molecule has 0 atom stereocenters. The third-order valence-electron chi connectivity index (χ3n) is 2.24. The lowest BCUT2D eigenvalue weighted by atomic mass is 10.0. The SMILES string of the molecule is Cc1c(CCl)cc(CC(=O)O)cc1OC(F)F. The highest BCUT2D eigenvalue weighted by Crippen LogP contribution is 2.27. The minimum absolute atomic E-state index is 0.0330. The van der Waals surface area contributed by atoms with Crippen LogP contribution in [-0.4, -0.2) is 17.7 Å². The molecule has 1 aromatic carbocycles. The number of halogens is 3. The number of carboxylic acid groups (broad SMARTS) is 1. The zero-order valence-corrected chi connectivity index (χ0v) is 9.80. The summed E-state index contributed by atoms with van der Waals surface area (Å²) >= 11 is 5.66. The molecule has 3 nitrogen and oxygen atoms in total. The van der Waals surface area contributed by atoms with Crippen LogP contribution in [0, 0.1) is 6.92 Å². The summed E-state index contributed by atoms with van der Waals surface area (Å²) in [5.74, 6) is -0.967. The molecule has 17 heavy (non-hydrogen) atoms. The molecular formula is C11H11ClF2O3. The van der Waals surface area contributed by atoms with E-state index in [1.165, 1.54) is 6.07 Å². The van der Waals surface area contributed by atoms with Gasteiger partial charge in [0.15, 0.2) is 0 Å². The molecule has 1 rings (SSSR count). The van der Waals surface area contributed by atoms with Crippen molar-refractivity contribution in [1.29, 1.82) is 0 Å². The van der Waals surface area contributed by atoms with E-state index in [0.29, 0.717) is 16.7 Å². The molecule has 0 saturated carbocycles. The van der Waals surface area contributed by atoms with Crippen molar-refractivity contribution in [3.63, 3.8) is 0 Å². The van der Waals surface area contributed by atoms with Gasteiger partial charge in [-0.3, -0.25) is 4.79 Å². The number of carboxylic acids is 1. The van der Waals surface area contributed by atoms with Crippen LogP contribution < -0.4 is 4.74 Å². The Morgan fingerprint density at radius 2 is 2.18 bits per heavy atom. The van der Waals surface area contributed by atoms with E-state index in [1.54, 1.807) is 13.0 Å². The molecule has 0 aliphatic heterocycles. The van der Waals surface area contributed by atoms with Crippen LogP contribution >= 0.6 is 11.6 Å². The summed E-state index contributed by atoms with van der Waals surface area (Å²) in [6.45, 7) is -1.35. The Morgan fingerprint density at radius 1 is 1.53 bits per heavy atom. The van der Waals surface area contributed by atoms with Gasteiger partial charge in [0.2, 0.25) is 0 Å². The van der Waals surface area contributed by atoms with Crippen LogP contribution in [0.2, 0.25) is 0 Å². The van der Waals surface area contributed by atoms with Crippen LogP contribution in [0.1, 0.15) is 16.7 Å². The van der Waals surface area contributed by atoms with E-state index in [-0.39, 0.29) is 18.1 Å². The first kappa shape index (κ1) is 13.7. The van der Waals surface area contributed by atoms with Crippen LogP contribution in [0.4, 0.5) is 8.78 Å². The molecule has 0 heterocycles. The predicted molar refractivity (Wildman–Crippen MR) is 58.7 cm³/mol. The number of hydrogen-bond donors (Lipinski definition) is 1. The lowest BCUT2D eigenvalue weighted by Gasteiger charge is -2.13. The Morgan fingerprint density at radius 3 is 2.65 bits per heavy atom.